The predicted molar refractivity (Wildman–Crippen MR) is 87.9 cm³/mol. The molecule has 0 radical (unpaired) electrons. The Balaban J connectivity index is 1.55. The largest absolute Gasteiger partial charge is 0.497 e. The van der Waals surface area contributed by atoms with Gasteiger partial charge in [-0.1, -0.05) is 6.07 Å². The van der Waals surface area contributed by atoms with E-state index >= 15 is 0 Å². The number of nitrogens with one attached hydrogen (secondary N) is 1. The lowest BCUT2D eigenvalue weighted by atomic mass is 10.3. The van der Waals surface area contributed by atoms with E-state index in [1.165, 1.54) is 0 Å². The summed E-state index contributed by atoms with van der Waals surface area (Å²) in [6.45, 7) is 2.99. The zero-order chi connectivity index (χ0) is 15.4. The van der Waals surface area contributed by atoms with Crippen LogP contribution >= 0.6 is 11.3 Å². The molecule has 1 aliphatic rings. The molecule has 0 unspecified atom stereocenters. The standard InChI is InChI=1S/C15H18N4O2S/c1-21-13-4-2-3-12(11-13)17-14(20)18-6-8-19(9-7-18)15-16-5-10-22-15/h2-5,10-11H,6-9H2,1H3,(H,17,20). The van der Waals surface area contributed by atoms with Crippen molar-refractivity contribution in [2.75, 3.05) is 43.5 Å². The summed E-state index contributed by atoms with van der Waals surface area (Å²) in [5, 5.41) is 5.90. The van der Waals surface area contributed by atoms with Gasteiger partial charge in [0, 0.05) is 49.5 Å². The molecular formula is C15H18N4O2S. The molecule has 0 saturated carbocycles. The first-order valence-corrected chi connectivity index (χ1v) is 7.98. The molecule has 2 amide bonds. The van der Waals surface area contributed by atoms with Gasteiger partial charge in [-0.05, 0) is 12.1 Å². The van der Waals surface area contributed by atoms with Crippen molar-refractivity contribution in [2.24, 2.45) is 0 Å². The fraction of sp³-hybridized carbons (Fsp3) is 0.333. The van der Waals surface area contributed by atoms with E-state index < -0.39 is 0 Å². The van der Waals surface area contributed by atoms with Gasteiger partial charge in [0.15, 0.2) is 5.13 Å². The Hall–Kier alpha value is -2.28. The third-order valence-corrected chi connectivity index (χ3v) is 4.41. The lowest BCUT2D eigenvalue weighted by molar-refractivity contribution is 0.208. The number of benzene rings is 1. The molecule has 3 rings (SSSR count). The van der Waals surface area contributed by atoms with Crippen LogP contribution in [0.5, 0.6) is 5.75 Å². The summed E-state index contributed by atoms with van der Waals surface area (Å²) in [5.74, 6) is 0.728. The van der Waals surface area contributed by atoms with E-state index in [-0.39, 0.29) is 6.03 Å². The maximum absolute atomic E-state index is 12.3. The van der Waals surface area contributed by atoms with Crippen LogP contribution in [0.25, 0.3) is 0 Å². The highest BCUT2D eigenvalue weighted by Crippen LogP contribution is 2.20. The van der Waals surface area contributed by atoms with E-state index in [1.54, 1.807) is 18.4 Å². The number of hydrogen-bond donors (Lipinski definition) is 1. The molecule has 1 fully saturated rings. The molecule has 2 aromatic rings. The summed E-state index contributed by atoms with van der Waals surface area (Å²) < 4.78 is 5.16. The number of urea groups is 1. The first-order valence-electron chi connectivity index (χ1n) is 7.10. The van der Waals surface area contributed by atoms with E-state index in [2.05, 4.69) is 15.2 Å². The van der Waals surface area contributed by atoms with E-state index in [4.69, 9.17) is 4.74 Å². The minimum absolute atomic E-state index is 0.0768. The SMILES string of the molecule is COc1cccc(NC(=O)N2CCN(c3nccs3)CC2)c1. The Morgan fingerprint density at radius 1 is 1.32 bits per heavy atom. The van der Waals surface area contributed by atoms with Gasteiger partial charge in [0.2, 0.25) is 0 Å². The molecular weight excluding hydrogens is 300 g/mol. The lowest BCUT2D eigenvalue weighted by Gasteiger charge is -2.34. The van der Waals surface area contributed by atoms with Gasteiger partial charge in [-0.2, -0.15) is 0 Å². The molecule has 2 heterocycles. The molecule has 1 N–H and O–H groups in total. The van der Waals surface area contributed by atoms with E-state index in [9.17, 15) is 4.79 Å². The first kappa shape index (κ1) is 14.6. The topological polar surface area (TPSA) is 57.7 Å². The Morgan fingerprint density at radius 2 is 2.14 bits per heavy atom. The molecule has 0 aliphatic carbocycles. The van der Waals surface area contributed by atoms with Gasteiger partial charge in [-0.25, -0.2) is 9.78 Å². The normalized spacial score (nSPS) is 14.8. The average Bonchev–Trinajstić information content (AvgIpc) is 3.09. The zero-order valence-electron chi connectivity index (χ0n) is 12.4. The Labute approximate surface area is 133 Å². The number of nitrogens with zero attached hydrogens (tertiary/aromatic N) is 3. The number of methoxy groups -OCH3 is 1. The quantitative estimate of drug-likeness (QED) is 0.945. The highest BCUT2D eigenvalue weighted by atomic mass is 32.1. The Kier molecular flexibility index (Phi) is 4.43. The van der Waals surface area contributed by atoms with Gasteiger partial charge in [0.25, 0.3) is 0 Å². The molecule has 1 aromatic heterocycles. The summed E-state index contributed by atoms with van der Waals surface area (Å²) in [6, 6.07) is 7.29. The fourth-order valence-electron chi connectivity index (χ4n) is 2.38. The fourth-order valence-corrected chi connectivity index (χ4v) is 3.07. The van der Waals surface area contributed by atoms with Crippen LogP contribution in [0.4, 0.5) is 15.6 Å². The summed E-state index contributed by atoms with van der Waals surface area (Å²) in [7, 11) is 1.61. The number of hydrogen-bond acceptors (Lipinski definition) is 5. The number of rotatable bonds is 3. The molecule has 0 spiro atoms. The van der Waals surface area contributed by atoms with E-state index in [0.717, 1.165) is 29.7 Å². The highest BCUT2D eigenvalue weighted by Gasteiger charge is 2.22. The van der Waals surface area contributed by atoms with Crippen molar-refractivity contribution >= 4 is 28.2 Å². The van der Waals surface area contributed by atoms with Gasteiger partial charge >= 0.3 is 6.03 Å². The van der Waals surface area contributed by atoms with Crippen LogP contribution in [0.1, 0.15) is 0 Å². The van der Waals surface area contributed by atoms with Crippen molar-refractivity contribution in [1.82, 2.24) is 9.88 Å². The van der Waals surface area contributed by atoms with Crippen LogP contribution in [0.15, 0.2) is 35.8 Å². The van der Waals surface area contributed by atoms with E-state index in [0.29, 0.717) is 13.1 Å². The van der Waals surface area contributed by atoms with Crippen molar-refractivity contribution in [1.29, 1.82) is 0 Å². The number of carbonyl (C=O) groups excluding carboxylic acids is 1. The minimum atomic E-state index is -0.0768. The number of anilines is 2. The highest BCUT2D eigenvalue weighted by molar-refractivity contribution is 7.13. The third-order valence-electron chi connectivity index (χ3n) is 3.58. The number of thiazole rings is 1. The summed E-state index contributed by atoms with van der Waals surface area (Å²) >= 11 is 1.63. The van der Waals surface area contributed by atoms with E-state index in [1.807, 2.05) is 40.7 Å². The molecule has 6 nitrogen and oxygen atoms in total. The van der Waals surface area contributed by atoms with Crippen LogP contribution in [0.3, 0.4) is 0 Å². The van der Waals surface area contributed by atoms with Crippen molar-refractivity contribution in [3.05, 3.63) is 35.8 Å². The molecule has 116 valence electrons. The van der Waals surface area contributed by atoms with Crippen molar-refractivity contribution in [3.8, 4) is 5.75 Å². The van der Waals surface area contributed by atoms with Crippen molar-refractivity contribution in [2.45, 2.75) is 0 Å². The zero-order valence-corrected chi connectivity index (χ0v) is 13.2. The van der Waals surface area contributed by atoms with Crippen molar-refractivity contribution in [3.63, 3.8) is 0 Å². The van der Waals surface area contributed by atoms with Crippen LogP contribution in [0.2, 0.25) is 0 Å². The lowest BCUT2D eigenvalue weighted by Crippen LogP contribution is -2.50. The summed E-state index contributed by atoms with van der Waals surface area (Å²) in [5.41, 5.74) is 0.742. The Morgan fingerprint density at radius 3 is 2.82 bits per heavy atom. The molecule has 1 saturated heterocycles. The maximum atomic E-state index is 12.3. The summed E-state index contributed by atoms with van der Waals surface area (Å²) in [4.78, 5) is 20.6. The first-order chi connectivity index (χ1) is 10.8. The molecule has 0 bridgehead atoms. The van der Waals surface area contributed by atoms with Gasteiger partial charge in [0.05, 0.1) is 7.11 Å². The molecule has 7 heteroatoms. The Bertz CT molecular complexity index is 624. The number of aromatic nitrogens is 1. The van der Waals surface area contributed by atoms with Crippen LogP contribution in [-0.4, -0.2) is 49.2 Å². The van der Waals surface area contributed by atoms with Crippen LogP contribution in [0, 0.1) is 0 Å². The molecule has 1 aliphatic heterocycles. The average molecular weight is 318 g/mol. The van der Waals surface area contributed by atoms with Gasteiger partial charge in [-0.3, -0.25) is 0 Å². The molecule has 1 aromatic carbocycles. The smallest absolute Gasteiger partial charge is 0.321 e. The second-order valence-electron chi connectivity index (χ2n) is 4.95. The number of amides is 2. The monoisotopic (exact) mass is 318 g/mol. The number of carbonyl (C=O) groups is 1. The third kappa shape index (κ3) is 3.30. The molecule has 0 atom stereocenters. The number of piperazine rings is 1. The minimum Gasteiger partial charge on any atom is -0.497 e. The van der Waals surface area contributed by atoms with Gasteiger partial charge in [0.1, 0.15) is 5.75 Å². The maximum Gasteiger partial charge on any atom is 0.321 e. The van der Waals surface area contributed by atoms with Gasteiger partial charge in [-0.15, -0.1) is 11.3 Å². The van der Waals surface area contributed by atoms with Crippen LogP contribution < -0.4 is 15.0 Å². The van der Waals surface area contributed by atoms with Crippen LogP contribution in [-0.2, 0) is 0 Å². The number of ether oxygens (including phenoxy) is 1. The second-order valence-corrected chi connectivity index (χ2v) is 5.82. The second kappa shape index (κ2) is 6.65. The summed E-state index contributed by atoms with van der Waals surface area (Å²) in [6.07, 6.45) is 1.81. The van der Waals surface area contributed by atoms with Crippen molar-refractivity contribution < 1.29 is 9.53 Å². The predicted octanol–water partition coefficient (Wildman–Crippen LogP) is 2.51. The molecule has 22 heavy (non-hydrogen) atoms. The van der Waals surface area contributed by atoms with Gasteiger partial charge < -0.3 is 19.9 Å².